The third-order valence-electron chi connectivity index (χ3n) is 8.09. The van der Waals surface area contributed by atoms with Crippen molar-refractivity contribution in [3.05, 3.63) is 95.6 Å². The van der Waals surface area contributed by atoms with Gasteiger partial charge in [0.05, 0.1) is 23.2 Å². The Morgan fingerprint density at radius 2 is 1.22 bits per heavy atom. The van der Waals surface area contributed by atoms with Crippen molar-refractivity contribution in [2.75, 3.05) is 4.90 Å². The predicted octanol–water partition coefficient (Wildman–Crippen LogP) is 5.24. The molecule has 182 valence electrons. The molecule has 2 aliphatic heterocycles. The van der Waals surface area contributed by atoms with Crippen LogP contribution in [0.25, 0.3) is 0 Å². The summed E-state index contributed by atoms with van der Waals surface area (Å²) in [5, 5.41) is 0. The maximum atomic E-state index is 14.6. The number of aryl methyl sites for hydroxylation is 2. The van der Waals surface area contributed by atoms with Gasteiger partial charge in [0.1, 0.15) is 6.04 Å². The zero-order valence-electron chi connectivity index (χ0n) is 20.3. The number of hydrogen-bond acceptors (Lipinski definition) is 3. The fraction of sp³-hybridized carbons (Fsp3) is 0.323. The highest BCUT2D eigenvalue weighted by atomic mass is 16.2. The van der Waals surface area contributed by atoms with Crippen LogP contribution in [0.2, 0.25) is 0 Å². The van der Waals surface area contributed by atoms with E-state index in [9.17, 15) is 14.4 Å². The molecule has 0 N–H and O–H groups in total. The van der Waals surface area contributed by atoms with Crippen LogP contribution in [0.15, 0.2) is 78.9 Å². The van der Waals surface area contributed by atoms with E-state index >= 15 is 0 Å². The SMILES string of the molecule is O=C([C@@H](Cc1ccccc1)N1C(=O)[C@@H]2CCCC[C@H]2C1=O)N1c2ccccc2CCc2ccccc21. The van der Waals surface area contributed by atoms with Crippen LogP contribution in [0.4, 0.5) is 11.4 Å². The van der Waals surface area contributed by atoms with Crippen molar-refractivity contribution in [2.24, 2.45) is 11.8 Å². The number of carbonyl (C=O) groups is 3. The van der Waals surface area contributed by atoms with Crippen molar-refractivity contribution in [1.82, 2.24) is 4.90 Å². The molecule has 1 saturated heterocycles. The molecule has 1 aliphatic carbocycles. The Kier molecular flexibility index (Phi) is 5.92. The molecule has 5 nitrogen and oxygen atoms in total. The quantitative estimate of drug-likeness (QED) is 0.482. The summed E-state index contributed by atoms with van der Waals surface area (Å²) >= 11 is 0. The summed E-state index contributed by atoms with van der Waals surface area (Å²) < 4.78 is 0. The fourth-order valence-electron chi connectivity index (χ4n) is 6.29. The van der Waals surface area contributed by atoms with E-state index in [2.05, 4.69) is 12.1 Å². The van der Waals surface area contributed by atoms with Crippen LogP contribution in [-0.4, -0.2) is 28.7 Å². The molecule has 3 aliphatic rings. The van der Waals surface area contributed by atoms with Gasteiger partial charge in [0.25, 0.3) is 5.91 Å². The van der Waals surface area contributed by atoms with Crippen LogP contribution in [-0.2, 0) is 33.6 Å². The fourth-order valence-corrected chi connectivity index (χ4v) is 6.29. The number of rotatable bonds is 4. The normalized spacial score (nSPS) is 21.9. The summed E-state index contributed by atoms with van der Waals surface area (Å²) in [6.45, 7) is 0. The summed E-state index contributed by atoms with van der Waals surface area (Å²) in [7, 11) is 0. The second-order valence-corrected chi connectivity index (χ2v) is 10.2. The summed E-state index contributed by atoms with van der Waals surface area (Å²) in [5.74, 6) is -1.14. The Bertz CT molecular complexity index is 1250. The van der Waals surface area contributed by atoms with Crippen LogP contribution in [0.5, 0.6) is 0 Å². The van der Waals surface area contributed by atoms with Gasteiger partial charge in [-0.05, 0) is 54.5 Å². The molecule has 0 unspecified atom stereocenters. The molecule has 1 saturated carbocycles. The highest BCUT2D eigenvalue weighted by Crippen LogP contribution is 2.41. The molecule has 3 aromatic carbocycles. The summed E-state index contributed by atoms with van der Waals surface area (Å²) in [6.07, 6.45) is 5.33. The Hall–Kier alpha value is -3.73. The highest BCUT2D eigenvalue weighted by molar-refractivity contribution is 6.12. The minimum Gasteiger partial charge on any atom is -0.279 e. The van der Waals surface area contributed by atoms with E-state index in [0.717, 1.165) is 66.6 Å². The summed E-state index contributed by atoms with van der Waals surface area (Å²) in [4.78, 5) is 45.1. The zero-order valence-corrected chi connectivity index (χ0v) is 20.3. The van der Waals surface area contributed by atoms with E-state index in [1.807, 2.05) is 66.7 Å². The van der Waals surface area contributed by atoms with Gasteiger partial charge in [0, 0.05) is 6.42 Å². The number of imide groups is 1. The molecule has 0 radical (unpaired) electrons. The number of hydrogen-bond donors (Lipinski definition) is 0. The third-order valence-corrected chi connectivity index (χ3v) is 8.09. The van der Waals surface area contributed by atoms with Crippen molar-refractivity contribution in [2.45, 2.75) is 51.0 Å². The first-order chi connectivity index (χ1) is 17.6. The maximum Gasteiger partial charge on any atom is 0.255 e. The second kappa shape index (κ2) is 9.38. The Morgan fingerprint density at radius 1 is 0.722 bits per heavy atom. The van der Waals surface area contributed by atoms with Crippen molar-refractivity contribution >= 4 is 29.1 Å². The van der Waals surface area contributed by atoms with Crippen LogP contribution >= 0.6 is 0 Å². The van der Waals surface area contributed by atoms with Gasteiger partial charge in [-0.1, -0.05) is 79.6 Å². The van der Waals surface area contributed by atoms with Gasteiger partial charge in [-0.25, -0.2) is 0 Å². The van der Waals surface area contributed by atoms with Crippen LogP contribution in [0.3, 0.4) is 0 Å². The smallest absolute Gasteiger partial charge is 0.255 e. The Labute approximate surface area is 211 Å². The average molecular weight is 479 g/mol. The Morgan fingerprint density at radius 3 is 1.78 bits per heavy atom. The lowest BCUT2D eigenvalue weighted by atomic mass is 9.81. The molecule has 0 bridgehead atoms. The lowest BCUT2D eigenvalue weighted by Crippen LogP contribution is -2.51. The molecule has 0 spiro atoms. The lowest BCUT2D eigenvalue weighted by Gasteiger charge is -2.33. The van der Waals surface area contributed by atoms with E-state index in [1.54, 1.807) is 4.90 Å². The number of benzene rings is 3. The predicted molar refractivity (Wildman–Crippen MR) is 139 cm³/mol. The van der Waals surface area contributed by atoms with Crippen LogP contribution in [0.1, 0.15) is 42.4 Å². The van der Waals surface area contributed by atoms with Crippen molar-refractivity contribution in [3.8, 4) is 0 Å². The summed E-state index contributed by atoms with van der Waals surface area (Å²) in [5.41, 5.74) is 4.79. The van der Waals surface area contributed by atoms with Crippen LogP contribution < -0.4 is 4.90 Å². The van der Waals surface area contributed by atoms with Gasteiger partial charge in [-0.15, -0.1) is 0 Å². The molecular formula is C31H30N2O3. The average Bonchev–Trinajstić information content (AvgIpc) is 3.07. The van der Waals surface area contributed by atoms with Gasteiger partial charge < -0.3 is 0 Å². The molecule has 5 heteroatoms. The molecule has 36 heavy (non-hydrogen) atoms. The number of likely N-dealkylation sites (tertiary alicyclic amines) is 1. The minimum absolute atomic E-state index is 0.171. The first kappa shape index (κ1) is 22.7. The molecular weight excluding hydrogens is 448 g/mol. The number of nitrogens with zero attached hydrogens (tertiary/aromatic N) is 2. The van der Waals surface area contributed by atoms with Gasteiger partial charge >= 0.3 is 0 Å². The van der Waals surface area contributed by atoms with E-state index < -0.39 is 6.04 Å². The number of fused-ring (bicyclic) bond motifs is 3. The van der Waals surface area contributed by atoms with Gasteiger partial charge in [-0.2, -0.15) is 0 Å². The third kappa shape index (κ3) is 3.83. The first-order valence-corrected chi connectivity index (χ1v) is 13.0. The molecule has 3 atom stereocenters. The lowest BCUT2D eigenvalue weighted by molar-refractivity contribution is -0.147. The number of amides is 3. The number of carbonyl (C=O) groups excluding carboxylic acids is 3. The van der Waals surface area contributed by atoms with Crippen molar-refractivity contribution in [3.63, 3.8) is 0 Å². The zero-order chi connectivity index (χ0) is 24.6. The van der Waals surface area contributed by atoms with Crippen LogP contribution in [0, 0.1) is 11.8 Å². The number of anilines is 2. The van der Waals surface area contributed by atoms with E-state index in [-0.39, 0.29) is 29.6 Å². The molecule has 2 heterocycles. The topological polar surface area (TPSA) is 57.7 Å². The van der Waals surface area contributed by atoms with E-state index in [4.69, 9.17) is 0 Å². The molecule has 2 fully saturated rings. The van der Waals surface area contributed by atoms with Crippen molar-refractivity contribution in [1.29, 1.82) is 0 Å². The van der Waals surface area contributed by atoms with Gasteiger partial charge in [0.2, 0.25) is 11.8 Å². The molecule has 0 aromatic heterocycles. The monoisotopic (exact) mass is 478 g/mol. The number of para-hydroxylation sites is 2. The Balaban J connectivity index is 1.47. The van der Waals surface area contributed by atoms with Crippen molar-refractivity contribution < 1.29 is 14.4 Å². The maximum absolute atomic E-state index is 14.6. The van der Waals surface area contributed by atoms with Gasteiger partial charge in [0.15, 0.2) is 0 Å². The molecule has 6 rings (SSSR count). The minimum atomic E-state index is -0.891. The summed E-state index contributed by atoms with van der Waals surface area (Å²) in [6, 6.07) is 24.8. The van der Waals surface area contributed by atoms with E-state index in [1.165, 1.54) is 4.90 Å². The molecule has 3 aromatic rings. The first-order valence-electron chi connectivity index (χ1n) is 13.0. The van der Waals surface area contributed by atoms with Gasteiger partial charge in [-0.3, -0.25) is 24.2 Å². The standard InChI is InChI=1S/C31H30N2O3/c34-29-24-14-6-7-15-25(24)30(35)33(29)28(20-21-10-2-1-3-11-21)31(36)32-26-16-8-4-12-22(26)18-19-23-13-5-9-17-27(23)32/h1-5,8-13,16-17,24-25,28H,6-7,14-15,18-20H2/t24-,25-,28-/m1/s1. The second-order valence-electron chi connectivity index (χ2n) is 10.2. The molecule has 3 amide bonds. The highest BCUT2D eigenvalue weighted by Gasteiger charge is 2.52. The largest absolute Gasteiger partial charge is 0.279 e. The van der Waals surface area contributed by atoms with E-state index in [0.29, 0.717) is 6.42 Å².